The summed E-state index contributed by atoms with van der Waals surface area (Å²) in [6, 6.07) is 25.7. The molecule has 0 saturated carbocycles. The zero-order chi connectivity index (χ0) is 34.9. The molecule has 2 aliphatic rings. The van der Waals surface area contributed by atoms with Gasteiger partial charge in [-0.1, -0.05) is 78.4 Å². The summed E-state index contributed by atoms with van der Waals surface area (Å²) in [6.45, 7) is 26.8. The summed E-state index contributed by atoms with van der Waals surface area (Å²) >= 11 is 3.48. The van der Waals surface area contributed by atoms with Gasteiger partial charge in [-0.25, -0.2) is 12.2 Å². The Morgan fingerprint density at radius 1 is 0.583 bits per heavy atom. The number of hydrogen-bond acceptors (Lipinski definition) is 0. The zero-order valence-electron chi connectivity index (χ0n) is 31.4. The fraction of sp³-hybridized carbons (Fsp3) is 0.381. The maximum Gasteiger partial charge on any atom is -0.0579 e. The van der Waals surface area contributed by atoms with Crippen molar-refractivity contribution in [1.82, 2.24) is 0 Å². The quantitative estimate of drug-likeness (QED) is 0.136. The monoisotopic (exact) mass is 866 g/mol. The van der Waals surface area contributed by atoms with Gasteiger partial charge in [-0.2, -0.15) is 35.4 Å². The average molecular weight is 870 g/mol. The Labute approximate surface area is 337 Å². The third-order valence-electron chi connectivity index (χ3n) is 6.65. The Balaban J connectivity index is 0. The van der Waals surface area contributed by atoms with Crippen LogP contribution in [0.4, 0.5) is 0 Å². The second kappa shape index (κ2) is 25.4. The molecule has 4 aromatic carbocycles. The molecule has 0 unspecified atom stereocenters. The Hall–Kier alpha value is -0.600. The van der Waals surface area contributed by atoms with Crippen LogP contribution < -0.4 is 24.8 Å². The average Bonchev–Trinajstić information content (AvgIpc) is 3.74. The smallest absolute Gasteiger partial charge is 0.0579 e. The topological polar surface area (TPSA) is 0 Å². The number of rotatable bonds is 0. The van der Waals surface area contributed by atoms with Gasteiger partial charge in [0.15, 0.2) is 0 Å². The van der Waals surface area contributed by atoms with Gasteiger partial charge < -0.3 is 24.8 Å². The minimum atomic E-state index is 0. The molecule has 0 nitrogen and oxygen atoms in total. The minimum Gasteiger partial charge on any atom is -1.00 e. The summed E-state index contributed by atoms with van der Waals surface area (Å²) in [7, 11) is 0. The Kier molecular flexibility index (Phi) is 26.2. The van der Waals surface area contributed by atoms with Crippen molar-refractivity contribution in [2.75, 3.05) is 0 Å². The van der Waals surface area contributed by atoms with Gasteiger partial charge in [0.2, 0.25) is 0 Å². The molecule has 0 amide bonds. The predicted molar refractivity (Wildman–Crippen MR) is 203 cm³/mol. The first-order valence-electron chi connectivity index (χ1n) is 16.2. The molecule has 0 radical (unpaired) electrons. The molecule has 6 heteroatoms. The summed E-state index contributed by atoms with van der Waals surface area (Å²) in [5, 5.41) is 5.39. The summed E-state index contributed by atoms with van der Waals surface area (Å²) in [6.07, 6.45) is 17.0. The van der Waals surface area contributed by atoms with Crippen LogP contribution in [-0.2, 0) is 46.7 Å². The fourth-order valence-corrected chi connectivity index (χ4v) is 4.45. The van der Waals surface area contributed by atoms with Crippen LogP contribution in [0, 0.1) is 36.8 Å². The van der Waals surface area contributed by atoms with Crippen LogP contribution in [0.15, 0.2) is 108 Å². The molecule has 0 atom stereocenters. The summed E-state index contributed by atoms with van der Waals surface area (Å²) in [5.41, 5.74) is 6.60. The predicted octanol–water partition coefficient (Wildman–Crippen LogP) is 6.75. The van der Waals surface area contributed by atoms with Crippen molar-refractivity contribution in [2.24, 2.45) is 10.8 Å². The summed E-state index contributed by atoms with van der Waals surface area (Å²) in [5.74, 6) is 0. The summed E-state index contributed by atoms with van der Waals surface area (Å²) in [4.78, 5) is 0. The molecular formula is C42H56Cl2Si2Zr2-2. The molecule has 0 bridgehead atoms. The van der Waals surface area contributed by atoms with Crippen molar-refractivity contribution in [1.29, 1.82) is 0 Å². The van der Waals surface area contributed by atoms with E-state index in [1.54, 1.807) is 46.7 Å². The number of fused-ring (bicyclic) bond motifs is 2. The fourth-order valence-electron chi connectivity index (χ4n) is 4.45. The molecule has 0 saturated heterocycles. The van der Waals surface area contributed by atoms with Gasteiger partial charge >= 0.3 is 83.7 Å². The molecule has 0 fully saturated rings. The Bertz CT molecular complexity index is 1450. The first kappa shape index (κ1) is 49.5. The normalized spacial score (nSPS) is 12.4. The van der Waals surface area contributed by atoms with Gasteiger partial charge in [0.25, 0.3) is 0 Å². The van der Waals surface area contributed by atoms with E-state index in [1.807, 2.05) is 0 Å². The molecule has 0 aliphatic heterocycles. The molecule has 2 aliphatic carbocycles. The Morgan fingerprint density at radius 2 is 0.875 bits per heavy atom. The SMILES string of the molecule is CC(C)(C)C1=CC[C-]=C1.CC(C)(C)C1=CC[C-]=C1.C[Si](C)=[Zr+2].C[Si](C)=[Zr+2].Cc1cc2ccccc2[cH-]1.Cc1cc2ccccc2[cH-]1.[Cl-].[Cl-]. The van der Waals surface area contributed by atoms with Gasteiger partial charge in [-0.15, -0.1) is 94.0 Å². The number of halogens is 2. The van der Waals surface area contributed by atoms with Gasteiger partial charge in [0, 0.05) is 0 Å². The molecule has 0 spiro atoms. The van der Waals surface area contributed by atoms with E-state index in [4.69, 9.17) is 0 Å². The number of hydrogen-bond donors (Lipinski definition) is 0. The van der Waals surface area contributed by atoms with Crippen molar-refractivity contribution >= 4 is 32.4 Å². The minimum absolute atomic E-state index is 0. The van der Waals surface area contributed by atoms with E-state index < -0.39 is 0 Å². The van der Waals surface area contributed by atoms with Crippen LogP contribution in [0.2, 0.25) is 26.2 Å². The molecule has 0 N–H and O–H groups in total. The molecule has 4 aromatic rings. The van der Waals surface area contributed by atoms with Crippen LogP contribution in [-0.4, -0.2) is 10.9 Å². The van der Waals surface area contributed by atoms with Crippen molar-refractivity contribution in [2.45, 2.75) is 94.4 Å². The van der Waals surface area contributed by atoms with E-state index in [0.717, 1.165) is 12.8 Å². The number of benzene rings is 2. The largest absolute Gasteiger partial charge is 1.00 e. The van der Waals surface area contributed by atoms with Crippen LogP contribution in [0.5, 0.6) is 0 Å². The second-order valence-corrected chi connectivity index (χ2v) is 33.0. The van der Waals surface area contributed by atoms with E-state index in [9.17, 15) is 0 Å². The standard InChI is InChI=1S/2C10H9.2C9H13.2C2H6Si.2ClH.2Zr/c2*1-8-6-9-4-2-3-5-10(9)7-8;2*1-9(2,3)8-6-4-5-7-8;2*1-3-2;;;;/h2*2-7H,1H3;2*6-7H,4H2,1-3H3;2*1-2H3;2*1H;;/q4*-1;;;;;2*+2/p-2. The van der Waals surface area contributed by atoms with Crippen LogP contribution in [0.3, 0.4) is 0 Å². The van der Waals surface area contributed by atoms with E-state index in [-0.39, 0.29) is 35.7 Å². The van der Waals surface area contributed by atoms with Gasteiger partial charge in [-0.05, 0) is 0 Å². The maximum atomic E-state index is 3.16. The van der Waals surface area contributed by atoms with E-state index in [1.165, 1.54) is 43.8 Å². The molecule has 0 heterocycles. The Morgan fingerprint density at radius 3 is 1.08 bits per heavy atom. The first-order chi connectivity index (χ1) is 21.4. The van der Waals surface area contributed by atoms with Gasteiger partial charge in [-0.3, -0.25) is 12.2 Å². The van der Waals surface area contributed by atoms with Crippen LogP contribution >= 0.6 is 0 Å². The number of aryl methyl sites for hydroxylation is 2. The van der Waals surface area contributed by atoms with E-state index in [2.05, 4.69) is 191 Å². The first-order valence-corrected chi connectivity index (χ1v) is 28.6. The maximum absolute atomic E-state index is 3.16. The summed E-state index contributed by atoms with van der Waals surface area (Å²) < 4.78 is 0. The van der Waals surface area contributed by atoms with Crippen molar-refractivity contribution in [3.05, 3.63) is 132 Å². The van der Waals surface area contributed by atoms with Crippen molar-refractivity contribution in [3.8, 4) is 0 Å². The molecule has 0 aromatic heterocycles. The molecule has 256 valence electrons. The van der Waals surface area contributed by atoms with Gasteiger partial charge in [0.1, 0.15) is 0 Å². The van der Waals surface area contributed by atoms with E-state index in [0.29, 0.717) is 10.8 Å². The van der Waals surface area contributed by atoms with Crippen molar-refractivity contribution < 1.29 is 71.5 Å². The second-order valence-electron chi connectivity index (χ2n) is 14.2. The van der Waals surface area contributed by atoms with Gasteiger partial charge in [0.05, 0.1) is 0 Å². The van der Waals surface area contributed by atoms with E-state index >= 15 is 0 Å². The third-order valence-corrected chi connectivity index (χ3v) is 6.65. The molecular weight excluding hydrogens is 814 g/mol. The third kappa shape index (κ3) is 22.3. The van der Waals surface area contributed by atoms with Crippen molar-refractivity contribution in [3.63, 3.8) is 0 Å². The molecule has 48 heavy (non-hydrogen) atoms. The number of allylic oxidation sites excluding steroid dienone is 8. The zero-order valence-corrected chi connectivity index (χ0v) is 39.8. The van der Waals surface area contributed by atoms with Crippen LogP contribution in [0.1, 0.15) is 65.5 Å². The van der Waals surface area contributed by atoms with Crippen LogP contribution in [0.25, 0.3) is 21.5 Å². The molecule has 6 rings (SSSR count).